The van der Waals surface area contributed by atoms with Gasteiger partial charge in [0, 0.05) is 29.2 Å². The Morgan fingerprint density at radius 3 is 2.87 bits per heavy atom. The Morgan fingerprint density at radius 2 is 2.33 bits per heavy atom. The highest BCUT2D eigenvalue weighted by Crippen LogP contribution is 2.25. The maximum atomic E-state index is 10.3. The Labute approximate surface area is 92.7 Å². The van der Waals surface area contributed by atoms with Gasteiger partial charge >= 0.3 is 5.97 Å². The normalized spacial score (nSPS) is 10.8. The molecule has 0 atom stereocenters. The zero-order valence-corrected chi connectivity index (χ0v) is 9.03. The van der Waals surface area contributed by atoms with Crippen molar-refractivity contribution in [2.45, 2.75) is 12.7 Å². The minimum absolute atomic E-state index is 0.0672. The zero-order chi connectivity index (χ0) is 11.4. The maximum absolute atomic E-state index is 10.3. The summed E-state index contributed by atoms with van der Waals surface area (Å²) in [5, 5.41) is 18.1. The molecule has 0 spiro atoms. The summed E-state index contributed by atoms with van der Waals surface area (Å²) < 4.78 is 0. The summed E-state index contributed by atoms with van der Waals surface area (Å²) in [6.45, 7) is 1.67. The second kappa shape index (κ2) is 4.84. The number of nitrogens with zero attached hydrogens (tertiary/aromatic N) is 1. The van der Waals surface area contributed by atoms with E-state index in [-0.39, 0.29) is 5.75 Å². The average Bonchev–Trinajstić information content (AvgIpc) is 2.19. The van der Waals surface area contributed by atoms with Crippen molar-refractivity contribution < 1.29 is 15.0 Å². The Kier molecular flexibility index (Phi) is 3.74. The topological polar surface area (TPSA) is 70.4 Å². The smallest absolute Gasteiger partial charge is 0.328 e. The fraction of sp³-hybridized carbons (Fsp3) is 0.200. The first-order valence-electron chi connectivity index (χ1n) is 4.25. The van der Waals surface area contributed by atoms with E-state index in [1.807, 2.05) is 0 Å². The van der Waals surface area contributed by atoms with Crippen LogP contribution in [0.5, 0.6) is 5.75 Å². The van der Waals surface area contributed by atoms with E-state index in [0.29, 0.717) is 22.6 Å². The molecule has 1 aromatic rings. The fourth-order valence-corrected chi connectivity index (χ4v) is 1.46. The summed E-state index contributed by atoms with van der Waals surface area (Å²) >= 11 is 4.07. The molecule has 0 aliphatic heterocycles. The van der Waals surface area contributed by atoms with E-state index in [9.17, 15) is 9.90 Å². The SMILES string of the molecule is Cc1ncc(/C=C/C(=O)O)c(CS)c1O. The number of carboxylic acids is 1. The minimum atomic E-state index is -1.04. The van der Waals surface area contributed by atoms with Crippen molar-refractivity contribution in [1.29, 1.82) is 0 Å². The predicted octanol–water partition coefficient (Wildman–Crippen LogP) is 1.62. The highest BCUT2D eigenvalue weighted by Gasteiger charge is 2.08. The summed E-state index contributed by atoms with van der Waals surface area (Å²) in [5.74, 6) is -0.646. The van der Waals surface area contributed by atoms with Crippen LogP contribution in [-0.2, 0) is 10.5 Å². The highest BCUT2D eigenvalue weighted by atomic mass is 32.1. The minimum Gasteiger partial charge on any atom is -0.506 e. The molecule has 80 valence electrons. The van der Waals surface area contributed by atoms with Crippen molar-refractivity contribution in [2.75, 3.05) is 0 Å². The summed E-state index contributed by atoms with van der Waals surface area (Å²) in [6.07, 6.45) is 3.90. The van der Waals surface area contributed by atoms with Gasteiger partial charge in [-0.25, -0.2) is 4.79 Å². The highest BCUT2D eigenvalue weighted by molar-refractivity contribution is 7.79. The number of aromatic nitrogens is 1. The number of aryl methyl sites for hydroxylation is 1. The molecular weight excluding hydrogens is 214 g/mol. The van der Waals surface area contributed by atoms with Crippen LogP contribution in [0.1, 0.15) is 16.8 Å². The molecule has 2 N–H and O–H groups in total. The van der Waals surface area contributed by atoms with Crippen LogP contribution in [0.4, 0.5) is 0 Å². The van der Waals surface area contributed by atoms with Crippen molar-refractivity contribution >= 4 is 24.7 Å². The molecule has 0 aromatic carbocycles. The van der Waals surface area contributed by atoms with Crippen LogP contribution in [0.2, 0.25) is 0 Å². The van der Waals surface area contributed by atoms with Crippen molar-refractivity contribution in [3.63, 3.8) is 0 Å². The number of aromatic hydroxyl groups is 1. The van der Waals surface area contributed by atoms with Gasteiger partial charge in [0.1, 0.15) is 5.75 Å². The molecule has 0 fully saturated rings. The molecule has 1 aromatic heterocycles. The van der Waals surface area contributed by atoms with Crippen molar-refractivity contribution in [2.24, 2.45) is 0 Å². The molecule has 0 aliphatic carbocycles. The van der Waals surface area contributed by atoms with Gasteiger partial charge in [-0.2, -0.15) is 12.6 Å². The molecule has 0 saturated heterocycles. The lowest BCUT2D eigenvalue weighted by atomic mass is 10.1. The van der Waals surface area contributed by atoms with Gasteiger partial charge in [-0.15, -0.1) is 0 Å². The number of carboxylic acid groups (broad SMARTS) is 1. The first-order chi connectivity index (χ1) is 7.06. The second-order valence-corrected chi connectivity index (χ2v) is 3.27. The number of hydrogen-bond acceptors (Lipinski definition) is 4. The molecule has 1 heterocycles. The van der Waals surface area contributed by atoms with Gasteiger partial charge < -0.3 is 10.2 Å². The van der Waals surface area contributed by atoms with Gasteiger partial charge in [0.2, 0.25) is 0 Å². The van der Waals surface area contributed by atoms with Gasteiger partial charge in [-0.3, -0.25) is 4.98 Å². The second-order valence-electron chi connectivity index (χ2n) is 2.96. The fourth-order valence-electron chi connectivity index (χ4n) is 1.13. The van der Waals surface area contributed by atoms with Crippen LogP contribution in [0.25, 0.3) is 6.08 Å². The van der Waals surface area contributed by atoms with Gasteiger partial charge in [-0.1, -0.05) is 0 Å². The van der Waals surface area contributed by atoms with E-state index >= 15 is 0 Å². The molecule has 1 rings (SSSR count). The third-order valence-electron chi connectivity index (χ3n) is 1.94. The lowest BCUT2D eigenvalue weighted by molar-refractivity contribution is -0.131. The van der Waals surface area contributed by atoms with Crippen molar-refractivity contribution in [3.05, 3.63) is 29.1 Å². The standard InChI is InChI=1S/C10H11NO3S/c1-6-10(14)8(5-15)7(4-11-6)2-3-9(12)13/h2-4,14-15H,5H2,1H3,(H,12,13)/b3-2+. The van der Waals surface area contributed by atoms with Gasteiger partial charge in [0.05, 0.1) is 5.69 Å². The van der Waals surface area contributed by atoms with Gasteiger partial charge in [0.15, 0.2) is 0 Å². The van der Waals surface area contributed by atoms with Crippen LogP contribution in [-0.4, -0.2) is 21.2 Å². The van der Waals surface area contributed by atoms with E-state index in [4.69, 9.17) is 5.11 Å². The third-order valence-corrected chi connectivity index (χ3v) is 2.25. The number of aliphatic carboxylic acids is 1. The Balaban J connectivity index is 3.19. The average molecular weight is 225 g/mol. The zero-order valence-electron chi connectivity index (χ0n) is 8.14. The molecule has 0 bridgehead atoms. The van der Waals surface area contributed by atoms with Crippen LogP contribution >= 0.6 is 12.6 Å². The quantitative estimate of drug-likeness (QED) is 0.540. The molecule has 0 unspecified atom stereocenters. The first kappa shape index (κ1) is 11.6. The summed E-state index contributed by atoms with van der Waals surface area (Å²) in [5.41, 5.74) is 1.66. The third kappa shape index (κ3) is 2.73. The molecular formula is C10H11NO3S. The van der Waals surface area contributed by atoms with Gasteiger partial charge in [0.25, 0.3) is 0 Å². The van der Waals surface area contributed by atoms with E-state index in [1.54, 1.807) is 6.92 Å². The lowest BCUT2D eigenvalue weighted by Gasteiger charge is -2.07. The number of pyridine rings is 1. The largest absolute Gasteiger partial charge is 0.506 e. The van der Waals surface area contributed by atoms with Crippen molar-refractivity contribution in [1.82, 2.24) is 4.98 Å². The van der Waals surface area contributed by atoms with E-state index in [1.165, 1.54) is 12.3 Å². The predicted molar refractivity (Wildman–Crippen MR) is 60.0 cm³/mol. The molecule has 4 nitrogen and oxygen atoms in total. The van der Waals surface area contributed by atoms with Crippen LogP contribution < -0.4 is 0 Å². The number of rotatable bonds is 3. The van der Waals surface area contributed by atoms with Crippen LogP contribution in [0, 0.1) is 6.92 Å². The number of thiol groups is 1. The monoisotopic (exact) mass is 225 g/mol. The molecule has 0 saturated carbocycles. The van der Waals surface area contributed by atoms with Crippen molar-refractivity contribution in [3.8, 4) is 5.75 Å². The van der Waals surface area contributed by atoms with Gasteiger partial charge in [-0.05, 0) is 13.0 Å². The molecule has 0 aliphatic rings. The number of hydrogen-bond donors (Lipinski definition) is 3. The van der Waals surface area contributed by atoms with Crippen LogP contribution in [0.3, 0.4) is 0 Å². The molecule has 0 amide bonds. The number of carbonyl (C=O) groups is 1. The molecule has 15 heavy (non-hydrogen) atoms. The Morgan fingerprint density at radius 1 is 1.67 bits per heavy atom. The summed E-state index contributed by atoms with van der Waals surface area (Å²) in [4.78, 5) is 14.3. The molecule has 0 radical (unpaired) electrons. The van der Waals surface area contributed by atoms with E-state index in [2.05, 4.69) is 17.6 Å². The lowest BCUT2D eigenvalue weighted by Crippen LogP contribution is -1.93. The maximum Gasteiger partial charge on any atom is 0.328 e. The van der Waals surface area contributed by atoms with Crippen LogP contribution in [0.15, 0.2) is 12.3 Å². The van der Waals surface area contributed by atoms with E-state index in [0.717, 1.165) is 6.08 Å². The Bertz CT molecular complexity index is 415. The summed E-state index contributed by atoms with van der Waals surface area (Å²) in [6, 6.07) is 0. The Hall–Kier alpha value is -1.49. The first-order valence-corrected chi connectivity index (χ1v) is 4.88. The van der Waals surface area contributed by atoms with E-state index < -0.39 is 5.97 Å². The molecule has 5 heteroatoms. The summed E-state index contributed by atoms with van der Waals surface area (Å²) in [7, 11) is 0.